The van der Waals surface area contributed by atoms with Crippen LogP contribution in [0.25, 0.3) is 0 Å². The Morgan fingerprint density at radius 3 is 2.28 bits per heavy atom. The first-order chi connectivity index (χ1) is 8.66. The second-order valence-corrected chi connectivity index (χ2v) is 4.59. The molecule has 0 saturated heterocycles. The molecule has 2 rings (SSSR count). The Hall–Kier alpha value is -1.87. The maximum absolute atomic E-state index is 5.84. The molecular formula is C15H19N3. The molecule has 0 unspecified atom stereocenters. The van der Waals surface area contributed by atoms with Crippen LogP contribution >= 0.6 is 0 Å². The minimum Gasteiger partial charge on any atom is -0.370 e. The van der Waals surface area contributed by atoms with Crippen molar-refractivity contribution in [3.8, 4) is 0 Å². The van der Waals surface area contributed by atoms with E-state index in [1.54, 1.807) is 0 Å². The van der Waals surface area contributed by atoms with Crippen molar-refractivity contribution in [1.82, 2.24) is 4.98 Å². The molecule has 3 nitrogen and oxygen atoms in total. The van der Waals surface area contributed by atoms with E-state index in [2.05, 4.69) is 41.2 Å². The number of pyridine rings is 1. The predicted molar refractivity (Wildman–Crippen MR) is 75.4 cm³/mol. The lowest BCUT2D eigenvalue weighted by molar-refractivity contribution is 0.817. The van der Waals surface area contributed by atoms with E-state index < -0.39 is 0 Å². The van der Waals surface area contributed by atoms with E-state index in [0.717, 1.165) is 12.1 Å². The van der Waals surface area contributed by atoms with E-state index >= 15 is 0 Å². The van der Waals surface area contributed by atoms with E-state index in [0.29, 0.717) is 0 Å². The van der Waals surface area contributed by atoms with E-state index in [-0.39, 0.29) is 6.04 Å². The van der Waals surface area contributed by atoms with Crippen LogP contribution in [0.1, 0.15) is 24.1 Å². The van der Waals surface area contributed by atoms with Crippen molar-refractivity contribution in [3.05, 3.63) is 59.9 Å². The van der Waals surface area contributed by atoms with Gasteiger partial charge in [0.1, 0.15) is 0 Å². The zero-order valence-electron chi connectivity index (χ0n) is 10.9. The average Bonchev–Trinajstić information content (AvgIpc) is 2.40. The van der Waals surface area contributed by atoms with Crippen molar-refractivity contribution < 1.29 is 0 Å². The van der Waals surface area contributed by atoms with E-state index in [1.165, 1.54) is 11.3 Å². The third kappa shape index (κ3) is 3.08. The largest absolute Gasteiger partial charge is 0.370 e. The van der Waals surface area contributed by atoms with Crippen LogP contribution in [0.2, 0.25) is 0 Å². The summed E-state index contributed by atoms with van der Waals surface area (Å²) in [6.45, 7) is 2.87. The summed E-state index contributed by atoms with van der Waals surface area (Å²) in [5.41, 5.74) is 9.45. The minimum absolute atomic E-state index is 0.0875. The highest BCUT2D eigenvalue weighted by molar-refractivity contribution is 5.47. The van der Waals surface area contributed by atoms with Crippen molar-refractivity contribution >= 4 is 5.69 Å². The monoisotopic (exact) mass is 241 g/mol. The quantitative estimate of drug-likeness (QED) is 0.895. The average molecular weight is 241 g/mol. The molecule has 0 bridgehead atoms. The van der Waals surface area contributed by atoms with Gasteiger partial charge in [-0.2, -0.15) is 0 Å². The van der Waals surface area contributed by atoms with Gasteiger partial charge in [0.05, 0.1) is 0 Å². The molecule has 1 aromatic heterocycles. The van der Waals surface area contributed by atoms with Gasteiger partial charge in [-0.05, 0) is 42.3 Å². The van der Waals surface area contributed by atoms with Gasteiger partial charge in [0.25, 0.3) is 0 Å². The summed E-state index contributed by atoms with van der Waals surface area (Å²) in [4.78, 5) is 6.23. The molecule has 18 heavy (non-hydrogen) atoms. The molecule has 2 N–H and O–H groups in total. The van der Waals surface area contributed by atoms with Crippen LogP contribution in [0.5, 0.6) is 0 Å². The fraction of sp³-hybridized carbons (Fsp3) is 0.267. The zero-order chi connectivity index (χ0) is 13.0. The number of anilines is 1. The topological polar surface area (TPSA) is 42.1 Å². The summed E-state index contributed by atoms with van der Waals surface area (Å²) in [5.74, 6) is 0. The van der Waals surface area contributed by atoms with Crippen LogP contribution in [0.4, 0.5) is 5.69 Å². The van der Waals surface area contributed by atoms with Crippen molar-refractivity contribution in [2.75, 3.05) is 11.9 Å². The highest BCUT2D eigenvalue weighted by Crippen LogP contribution is 2.18. The van der Waals surface area contributed by atoms with Crippen molar-refractivity contribution in [2.45, 2.75) is 19.5 Å². The molecule has 0 fully saturated rings. The van der Waals surface area contributed by atoms with Crippen LogP contribution in [-0.2, 0) is 6.54 Å². The molecule has 0 aliphatic carbocycles. The van der Waals surface area contributed by atoms with E-state index in [1.807, 2.05) is 31.5 Å². The Morgan fingerprint density at radius 1 is 1.11 bits per heavy atom. The molecule has 0 aliphatic rings. The number of hydrogen-bond donors (Lipinski definition) is 1. The molecule has 0 spiro atoms. The van der Waals surface area contributed by atoms with Crippen LogP contribution < -0.4 is 10.6 Å². The van der Waals surface area contributed by atoms with Gasteiger partial charge in [-0.15, -0.1) is 0 Å². The molecular weight excluding hydrogens is 222 g/mol. The third-order valence-corrected chi connectivity index (χ3v) is 3.03. The molecule has 0 radical (unpaired) electrons. The molecule has 0 aliphatic heterocycles. The maximum atomic E-state index is 5.84. The first-order valence-electron chi connectivity index (χ1n) is 6.12. The van der Waals surface area contributed by atoms with Crippen molar-refractivity contribution in [3.63, 3.8) is 0 Å². The smallest absolute Gasteiger partial charge is 0.0427 e. The number of benzene rings is 1. The lowest BCUT2D eigenvalue weighted by atomic mass is 10.1. The highest BCUT2D eigenvalue weighted by atomic mass is 15.1. The second kappa shape index (κ2) is 5.65. The van der Waals surface area contributed by atoms with Crippen LogP contribution in [0.3, 0.4) is 0 Å². The van der Waals surface area contributed by atoms with E-state index in [9.17, 15) is 0 Å². The lowest BCUT2D eigenvalue weighted by Crippen LogP contribution is -2.16. The first kappa shape index (κ1) is 12.6. The molecule has 3 heteroatoms. The highest BCUT2D eigenvalue weighted by Gasteiger charge is 2.03. The Bertz CT molecular complexity index is 477. The molecule has 1 heterocycles. The molecule has 2 aromatic rings. The SMILES string of the molecule is C[C@H](N)c1ccc(N(C)Cc2ccncc2)cc1. The molecule has 1 aromatic carbocycles. The molecule has 0 saturated carbocycles. The number of hydrogen-bond acceptors (Lipinski definition) is 3. The van der Waals surface area contributed by atoms with Gasteiger partial charge in [0, 0.05) is 37.7 Å². The van der Waals surface area contributed by atoms with Gasteiger partial charge in [0.2, 0.25) is 0 Å². The number of aromatic nitrogens is 1. The molecule has 94 valence electrons. The van der Waals surface area contributed by atoms with Gasteiger partial charge in [-0.25, -0.2) is 0 Å². The fourth-order valence-corrected chi connectivity index (χ4v) is 1.89. The van der Waals surface area contributed by atoms with Crippen LogP contribution in [0.15, 0.2) is 48.8 Å². The zero-order valence-corrected chi connectivity index (χ0v) is 10.9. The summed E-state index contributed by atoms with van der Waals surface area (Å²) in [6, 6.07) is 12.6. The Balaban J connectivity index is 2.07. The third-order valence-electron chi connectivity index (χ3n) is 3.03. The Kier molecular flexibility index (Phi) is 3.95. The summed E-state index contributed by atoms with van der Waals surface area (Å²) >= 11 is 0. The van der Waals surface area contributed by atoms with E-state index in [4.69, 9.17) is 5.73 Å². The summed E-state index contributed by atoms with van der Waals surface area (Å²) in [5, 5.41) is 0. The van der Waals surface area contributed by atoms with Crippen LogP contribution in [-0.4, -0.2) is 12.0 Å². The van der Waals surface area contributed by atoms with Gasteiger partial charge < -0.3 is 10.6 Å². The Morgan fingerprint density at radius 2 is 1.72 bits per heavy atom. The summed E-state index contributed by atoms with van der Waals surface area (Å²) in [6.07, 6.45) is 3.64. The number of nitrogens with two attached hydrogens (primary N) is 1. The fourth-order valence-electron chi connectivity index (χ4n) is 1.89. The predicted octanol–water partition coefficient (Wildman–Crippen LogP) is 2.74. The first-order valence-corrected chi connectivity index (χ1v) is 6.12. The summed E-state index contributed by atoms with van der Waals surface area (Å²) < 4.78 is 0. The van der Waals surface area contributed by atoms with Crippen molar-refractivity contribution in [1.29, 1.82) is 0 Å². The Labute approximate surface area is 108 Å². The number of rotatable bonds is 4. The van der Waals surface area contributed by atoms with Gasteiger partial charge >= 0.3 is 0 Å². The minimum atomic E-state index is 0.0875. The molecule has 0 amide bonds. The van der Waals surface area contributed by atoms with Gasteiger partial charge in [0.15, 0.2) is 0 Å². The molecule has 1 atom stereocenters. The number of nitrogens with zero attached hydrogens (tertiary/aromatic N) is 2. The van der Waals surface area contributed by atoms with Crippen LogP contribution in [0, 0.1) is 0 Å². The summed E-state index contributed by atoms with van der Waals surface area (Å²) in [7, 11) is 2.08. The standard InChI is InChI=1S/C15H19N3/c1-12(16)14-3-5-15(6-4-14)18(2)11-13-7-9-17-10-8-13/h3-10,12H,11,16H2,1-2H3/t12-/m0/s1. The normalized spacial score (nSPS) is 12.2. The second-order valence-electron chi connectivity index (χ2n) is 4.59. The lowest BCUT2D eigenvalue weighted by Gasteiger charge is -2.20. The maximum Gasteiger partial charge on any atom is 0.0427 e. The van der Waals surface area contributed by atoms with Gasteiger partial charge in [-0.3, -0.25) is 4.98 Å². The van der Waals surface area contributed by atoms with Gasteiger partial charge in [-0.1, -0.05) is 12.1 Å². The van der Waals surface area contributed by atoms with Crippen molar-refractivity contribution in [2.24, 2.45) is 5.73 Å².